The summed E-state index contributed by atoms with van der Waals surface area (Å²) in [5, 5.41) is 9.69. The number of carbonyl (C=O) groups is 1. The van der Waals surface area contributed by atoms with Crippen LogP contribution in [0.5, 0.6) is 0 Å². The predicted octanol–water partition coefficient (Wildman–Crippen LogP) is -3.16. The second kappa shape index (κ2) is 5.35. The molecule has 0 bridgehead atoms. The maximum absolute atomic E-state index is 10.1. The van der Waals surface area contributed by atoms with E-state index in [1.54, 1.807) is 0 Å². The van der Waals surface area contributed by atoms with Crippen LogP contribution in [0.3, 0.4) is 0 Å². The van der Waals surface area contributed by atoms with Crippen molar-refractivity contribution in [3.05, 3.63) is 11.8 Å². The number of ketones is 1. The number of Topliss-reactive ketones (excluding diaryl/α,β-unsaturated/α-hetero) is 1. The zero-order valence-electron chi connectivity index (χ0n) is 5.39. The van der Waals surface area contributed by atoms with Gasteiger partial charge >= 0.3 is 29.6 Å². The summed E-state index contributed by atoms with van der Waals surface area (Å²) in [5.74, 6) is -0.157. The Bertz CT molecular complexity index is 107. The molecule has 0 heterocycles. The number of hydrogen-bond acceptors (Lipinski definition) is 2. The molecule has 8 heavy (non-hydrogen) atoms. The van der Waals surface area contributed by atoms with Gasteiger partial charge in [-0.2, -0.15) is 0 Å². The second-order valence-corrected chi connectivity index (χ2v) is 1.36. The van der Waals surface area contributed by atoms with E-state index >= 15 is 0 Å². The molecule has 0 rings (SSSR count). The quantitative estimate of drug-likeness (QED) is 0.209. The Morgan fingerprint density at radius 2 is 1.88 bits per heavy atom. The third-order valence-electron chi connectivity index (χ3n) is 0.732. The summed E-state index contributed by atoms with van der Waals surface area (Å²) in [4.78, 5) is 10.1. The van der Waals surface area contributed by atoms with E-state index in [2.05, 4.69) is 0 Å². The van der Waals surface area contributed by atoms with Crippen molar-refractivity contribution in [1.29, 1.82) is 0 Å². The number of hydrogen-bond donors (Lipinski definition) is 0. The van der Waals surface area contributed by atoms with Gasteiger partial charge in [-0.25, -0.2) is 0 Å². The van der Waals surface area contributed by atoms with E-state index in [4.69, 9.17) is 0 Å². The number of rotatable bonds is 1. The zero-order chi connectivity index (χ0) is 5.86. The molecule has 2 nitrogen and oxygen atoms in total. The molecule has 40 valence electrons. The van der Waals surface area contributed by atoms with Gasteiger partial charge in [-0.3, -0.25) is 4.79 Å². The fourth-order valence-electron chi connectivity index (χ4n) is 0.0830. The Morgan fingerprint density at radius 1 is 1.50 bits per heavy atom. The Balaban J connectivity index is 0. The molecule has 0 spiro atoms. The first-order chi connectivity index (χ1) is 3.18. The molecule has 0 fully saturated rings. The summed E-state index contributed by atoms with van der Waals surface area (Å²) in [5.41, 5.74) is 0.278. The van der Waals surface area contributed by atoms with Crippen LogP contribution in [0.1, 0.15) is 13.8 Å². The zero-order valence-corrected chi connectivity index (χ0v) is 7.39. The minimum atomic E-state index is -0.157. The Morgan fingerprint density at radius 3 is 1.88 bits per heavy atom. The normalized spacial score (nSPS) is 10.0. The van der Waals surface area contributed by atoms with Gasteiger partial charge < -0.3 is 5.11 Å². The van der Waals surface area contributed by atoms with Gasteiger partial charge in [-0.15, -0.1) is 6.26 Å². The summed E-state index contributed by atoms with van der Waals surface area (Å²) in [6.45, 7) is 2.86. The van der Waals surface area contributed by atoms with Crippen LogP contribution in [0.2, 0.25) is 0 Å². The van der Waals surface area contributed by atoms with Crippen molar-refractivity contribution in [2.45, 2.75) is 13.8 Å². The predicted molar refractivity (Wildman–Crippen MR) is 24.4 cm³/mol. The van der Waals surface area contributed by atoms with Gasteiger partial charge in [0.15, 0.2) is 5.78 Å². The monoisotopic (exact) mass is 122 g/mol. The molecule has 0 aliphatic heterocycles. The topological polar surface area (TPSA) is 40.1 Å². The minimum Gasteiger partial charge on any atom is -0.878 e. The molecule has 0 aliphatic carbocycles. The van der Waals surface area contributed by atoms with Crippen LogP contribution in [-0.4, -0.2) is 5.78 Å². The van der Waals surface area contributed by atoms with Crippen molar-refractivity contribution in [3.8, 4) is 0 Å². The molecule has 0 aliphatic rings. The van der Waals surface area contributed by atoms with Crippen molar-refractivity contribution in [2.75, 3.05) is 0 Å². The largest absolute Gasteiger partial charge is 1.00 e. The Kier molecular flexibility index (Phi) is 7.40. The van der Waals surface area contributed by atoms with Gasteiger partial charge in [-0.05, 0) is 19.4 Å². The summed E-state index contributed by atoms with van der Waals surface area (Å²) < 4.78 is 0. The molecule has 0 amide bonds. The molecule has 0 saturated heterocycles. The Labute approximate surface area is 70.9 Å². The van der Waals surface area contributed by atoms with E-state index in [9.17, 15) is 9.90 Å². The maximum Gasteiger partial charge on any atom is 1.00 e. The van der Waals surface area contributed by atoms with Gasteiger partial charge in [0.05, 0.1) is 0 Å². The van der Waals surface area contributed by atoms with Crippen LogP contribution >= 0.6 is 0 Å². The van der Waals surface area contributed by atoms with E-state index in [1.165, 1.54) is 13.8 Å². The second-order valence-electron chi connectivity index (χ2n) is 1.36. The maximum atomic E-state index is 10.1. The molecule has 0 atom stereocenters. The third kappa shape index (κ3) is 4.37. The molecule has 0 aromatic rings. The molecular formula is C5H7NaO2. The first-order valence-electron chi connectivity index (χ1n) is 1.98. The average Bonchev–Trinajstić information content (AvgIpc) is 1.65. The van der Waals surface area contributed by atoms with Crippen LogP contribution < -0.4 is 34.7 Å². The van der Waals surface area contributed by atoms with E-state index in [0.29, 0.717) is 6.26 Å². The summed E-state index contributed by atoms with van der Waals surface area (Å²) in [7, 11) is 0. The summed E-state index contributed by atoms with van der Waals surface area (Å²) >= 11 is 0. The van der Waals surface area contributed by atoms with Crippen LogP contribution in [0, 0.1) is 0 Å². The number of allylic oxidation sites excluding steroid dienone is 1. The van der Waals surface area contributed by atoms with E-state index < -0.39 is 0 Å². The van der Waals surface area contributed by atoms with Gasteiger partial charge in [0.25, 0.3) is 0 Å². The van der Waals surface area contributed by atoms with Crippen LogP contribution in [-0.2, 0) is 4.79 Å². The van der Waals surface area contributed by atoms with Crippen LogP contribution in [0.25, 0.3) is 0 Å². The fraction of sp³-hybridized carbons (Fsp3) is 0.400. The van der Waals surface area contributed by atoms with Crippen molar-refractivity contribution in [2.24, 2.45) is 0 Å². The smallest absolute Gasteiger partial charge is 0.878 e. The third-order valence-corrected chi connectivity index (χ3v) is 0.732. The Hall–Kier alpha value is 0.210. The van der Waals surface area contributed by atoms with Gasteiger partial charge in [-0.1, -0.05) is 0 Å². The van der Waals surface area contributed by atoms with Gasteiger partial charge in [0, 0.05) is 0 Å². The SMILES string of the molecule is CC(=O)C(C)=C[O-].[Na+]. The van der Waals surface area contributed by atoms with E-state index in [1.807, 2.05) is 0 Å². The van der Waals surface area contributed by atoms with E-state index in [0.717, 1.165) is 0 Å². The van der Waals surface area contributed by atoms with Crippen molar-refractivity contribution >= 4 is 5.78 Å². The molecular weight excluding hydrogens is 115 g/mol. The summed E-state index contributed by atoms with van der Waals surface area (Å²) in [6.07, 6.45) is 0.558. The molecule has 0 unspecified atom stereocenters. The first kappa shape index (κ1) is 11.1. The first-order valence-corrected chi connectivity index (χ1v) is 1.98. The summed E-state index contributed by atoms with van der Waals surface area (Å²) in [6, 6.07) is 0. The standard InChI is InChI=1S/C5H8O2.Na/c1-4(3-6)5(2)7;/h3,6H,1-2H3;/q;+1/p-1. The van der Waals surface area contributed by atoms with Gasteiger partial charge in [0.2, 0.25) is 0 Å². The van der Waals surface area contributed by atoms with E-state index in [-0.39, 0.29) is 40.9 Å². The molecule has 0 aromatic heterocycles. The van der Waals surface area contributed by atoms with Crippen LogP contribution in [0.4, 0.5) is 0 Å². The fourth-order valence-corrected chi connectivity index (χ4v) is 0.0830. The van der Waals surface area contributed by atoms with Crippen molar-refractivity contribution < 1.29 is 39.5 Å². The molecule has 0 saturated carbocycles. The molecule has 3 heteroatoms. The number of carbonyl (C=O) groups excluding carboxylic acids is 1. The van der Waals surface area contributed by atoms with Gasteiger partial charge in [0.1, 0.15) is 0 Å². The minimum absolute atomic E-state index is 0. The van der Waals surface area contributed by atoms with Crippen LogP contribution in [0.15, 0.2) is 11.8 Å². The molecule has 0 aromatic carbocycles. The van der Waals surface area contributed by atoms with Crippen molar-refractivity contribution in [1.82, 2.24) is 0 Å². The molecule has 0 N–H and O–H groups in total. The molecule has 0 radical (unpaired) electrons. The average molecular weight is 122 g/mol. The van der Waals surface area contributed by atoms with Crippen molar-refractivity contribution in [3.63, 3.8) is 0 Å².